The molecule has 4 rings (SSSR count). The normalized spacial score (nSPS) is 30.1. The number of aromatic amines is 1. The van der Waals surface area contributed by atoms with E-state index in [0.717, 1.165) is 28.3 Å². The van der Waals surface area contributed by atoms with Gasteiger partial charge in [0.25, 0.3) is 0 Å². The molecule has 0 saturated carbocycles. The molecule has 1 aromatic carbocycles. The van der Waals surface area contributed by atoms with Gasteiger partial charge in [-0.25, -0.2) is 4.79 Å². The highest BCUT2D eigenvalue weighted by Crippen LogP contribution is 2.35. The van der Waals surface area contributed by atoms with E-state index in [2.05, 4.69) is 26.2 Å². The fourth-order valence-electron chi connectivity index (χ4n) is 3.71. The van der Waals surface area contributed by atoms with Crippen molar-refractivity contribution in [3.63, 3.8) is 0 Å². The molecule has 2 unspecified atom stereocenters. The number of rotatable bonds is 1. The first kappa shape index (κ1) is 11.7. The van der Waals surface area contributed by atoms with Gasteiger partial charge in [0, 0.05) is 22.6 Å². The molecule has 2 aromatic rings. The minimum absolute atomic E-state index is 0.0215. The van der Waals surface area contributed by atoms with E-state index in [4.69, 9.17) is 0 Å². The summed E-state index contributed by atoms with van der Waals surface area (Å²) in [7, 11) is 0. The maximum absolute atomic E-state index is 12.3. The Morgan fingerprint density at radius 2 is 1.95 bits per heavy atom. The van der Waals surface area contributed by atoms with Crippen molar-refractivity contribution in [2.75, 3.05) is 0 Å². The average Bonchev–Trinajstić information content (AvgIpc) is 2.90. The molecule has 0 amide bonds. The number of hydrogen-bond acceptors (Lipinski definition) is 2. The van der Waals surface area contributed by atoms with Crippen molar-refractivity contribution in [2.24, 2.45) is 0 Å². The van der Waals surface area contributed by atoms with Crippen LogP contribution in [0.5, 0.6) is 0 Å². The van der Waals surface area contributed by atoms with E-state index in [1.807, 2.05) is 22.8 Å². The maximum Gasteiger partial charge on any atom is 0.326 e. The lowest BCUT2D eigenvalue weighted by Crippen LogP contribution is -2.40. The van der Waals surface area contributed by atoms with E-state index < -0.39 is 0 Å². The van der Waals surface area contributed by atoms with Crippen LogP contribution in [0.25, 0.3) is 11.0 Å². The molecular formula is C14H16BrN3O. The van der Waals surface area contributed by atoms with E-state index in [1.165, 1.54) is 12.8 Å². The summed E-state index contributed by atoms with van der Waals surface area (Å²) in [6.45, 7) is 0. The molecular weight excluding hydrogens is 306 g/mol. The Labute approximate surface area is 119 Å². The third-order valence-electron chi connectivity index (χ3n) is 4.52. The van der Waals surface area contributed by atoms with Crippen LogP contribution in [0.3, 0.4) is 0 Å². The molecule has 100 valence electrons. The molecule has 3 heterocycles. The second-order valence-electron chi connectivity index (χ2n) is 5.70. The molecule has 4 nitrogen and oxygen atoms in total. The highest BCUT2D eigenvalue weighted by molar-refractivity contribution is 9.10. The van der Waals surface area contributed by atoms with Crippen LogP contribution in [0.1, 0.15) is 31.7 Å². The number of H-pyrrole nitrogens is 1. The predicted molar refractivity (Wildman–Crippen MR) is 78.5 cm³/mol. The SMILES string of the molecule is O=c1[nH]c2c(Br)cccc2n1C1CC2CCC(C1)N2. The number of imidazole rings is 1. The lowest BCUT2D eigenvalue weighted by atomic mass is 9.99. The van der Waals surface area contributed by atoms with Gasteiger partial charge in [0.2, 0.25) is 0 Å². The zero-order valence-electron chi connectivity index (χ0n) is 10.5. The quantitative estimate of drug-likeness (QED) is 0.848. The second kappa shape index (κ2) is 4.21. The summed E-state index contributed by atoms with van der Waals surface area (Å²) in [4.78, 5) is 15.3. The molecule has 2 aliphatic heterocycles. The topological polar surface area (TPSA) is 49.8 Å². The smallest absolute Gasteiger partial charge is 0.311 e. The summed E-state index contributed by atoms with van der Waals surface area (Å²) in [5, 5.41) is 3.63. The Bertz CT molecular complexity index is 678. The maximum atomic E-state index is 12.3. The van der Waals surface area contributed by atoms with Crippen molar-refractivity contribution in [3.05, 3.63) is 33.2 Å². The minimum Gasteiger partial charge on any atom is -0.311 e. The van der Waals surface area contributed by atoms with Crippen molar-refractivity contribution in [2.45, 2.75) is 43.8 Å². The van der Waals surface area contributed by atoms with Gasteiger partial charge >= 0.3 is 5.69 Å². The molecule has 2 saturated heterocycles. The van der Waals surface area contributed by atoms with Crippen LogP contribution in [-0.4, -0.2) is 21.6 Å². The molecule has 0 aliphatic carbocycles. The predicted octanol–water partition coefficient (Wildman–Crippen LogP) is 2.55. The summed E-state index contributed by atoms with van der Waals surface area (Å²) < 4.78 is 2.92. The summed E-state index contributed by atoms with van der Waals surface area (Å²) in [6, 6.07) is 7.50. The van der Waals surface area contributed by atoms with Crippen molar-refractivity contribution >= 4 is 27.0 Å². The van der Waals surface area contributed by atoms with E-state index in [1.54, 1.807) is 0 Å². The molecule has 2 N–H and O–H groups in total. The number of aromatic nitrogens is 2. The van der Waals surface area contributed by atoms with Crippen LogP contribution in [-0.2, 0) is 0 Å². The fraction of sp³-hybridized carbons (Fsp3) is 0.500. The van der Waals surface area contributed by atoms with Crippen molar-refractivity contribution in [1.29, 1.82) is 0 Å². The van der Waals surface area contributed by atoms with Gasteiger partial charge in [0.15, 0.2) is 0 Å². The second-order valence-corrected chi connectivity index (χ2v) is 6.55. The molecule has 2 aliphatic rings. The Morgan fingerprint density at radius 3 is 2.68 bits per heavy atom. The summed E-state index contributed by atoms with van der Waals surface area (Å²) in [5.41, 5.74) is 1.96. The van der Waals surface area contributed by atoms with E-state index >= 15 is 0 Å². The van der Waals surface area contributed by atoms with E-state index in [9.17, 15) is 4.79 Å². The molecule has 0 radical (unpaired) electrons. The van der Waals surface area contributed by atoms with Gasteiger partial charge in [-0.15, -0.1) is 0 Å². The van der Waals surface area contributed by atoms with Crippen LogP contribution >= 0.6 is 15.9 Å². The van der Waals surface area contributed by atoms with Gasteiger partial charge in [-0.1, -0.05) is 6.07 Å². The van der Waals surface area contributed by atoms with Crippen LogP contribution in [0.2, 0.25) is 0 Å². The number of para-hydroxylation sites is 1. The number of benzene rings is 1. The number of nitrogens with zero attached hydrogens (tertiary/aromatic N) is 1. The van der Waals surface area contributed by atoms with Gasteiger partial charge in [-0.3, -0.25) is 4.57 Å². The van der Waals surface area contributed by atoms with E-state index in [0.29, 0.717) is 18.1 Å². The largest absolute Gasteiger partial charge is 0.326 e. The molecule has 19 heavy (non-hydrogen) atoms. The van der Waals surface area contributed by atoms with Gasteiger partial charge < -0.3 is 10.3 Å². The summed E-state index contributed by atoms with van der Waals surface area (Å²) in [5.74, 6) is 0. The lowest BCUT2D eigenvalue weighted by Gasteiger charge is -2.29. The monoisotopic (exact) mass is 321 g/mol. The number of hydrogen-bond donors (Lipinski definition) is 2. The van der Waals surface area contributed by atoms with Crippen LogP contribution in [0, 0.1) is 0 Å². The zero-order valence-corrected chi connectivity index (χ0v) is 12.1. The van der Waals surface area contributed by atoms with Crippen LogP contribution in [0.15, 0.2) is 27.5 Å². The average molecular weight is 322 g/mol. The molecule has 2 atom stereocenters. The van der Waals surface area contributed by atoms with Crippen molar-refractivity contribution in [3.8, 4) is 0 Å². The number of nitrogens with one attached hydrogen (secondary N) is 2. The molecule has 5 heteroatoms. The van der Waals surface area contributed by atoms with Gasteiger partial charge in [0.1, 0.15) is 0 Å². The standard InChI is InChI=1S/C14H16BrN3O/c15-11-2-1-3-12-13(11)17-14(19)18(12)10-6-8-4-5-9(7-10)16-8/h1-3,8-10,16H,4-7H2,(H,17,19). The summed E-state index contributed by atoms with van der Waals surface area (Å²) >= 11 is 3.51. The zero-order chi connectivity index (χ0) is 13.0. The fourth-order valence-corrected chi connectivity index (χ4v) is 4.17. The van der Waals surface area contributed by atoms with Crippen molar-refractivity contribution in [1.82, 2.24) is 14.9 Å². The summed E-state index contributed by atoms with van der Waals surface area (Å²) in [6.07, 6.45) is 4.63. The van der Waals surface area contributed by atoms with Gasteiger partial charge in [-0.05, 0) is 53.7 Å². The van der Waals surface area contributed by atoms with Crippen molar-refractivity contribution < 1.29 is 0 Å². The first-order valence-electron chi connectivity index (χ1n) is 6.87. The first-order valence-corrected chi connectivity index (χ1v) is 7.66. The Balaban J connectivity index is 1.85. The Hall–Kier alpha value is -1.07. The first-order chi connectivity index (χ1) is 9.22. The minimum atomic E-state index is 0.0215. The highest BCUT2D eigenvalue weighted by atomic mass is 79.9. The molecule has 0 spiro atoms. The lowest BCUT2D eigenvalue weighted by molar-refractivity contribution is 0.299. The number of halogens is 1. The van der Waals surface area contributed by atoms with Gasteiger partial charge in [0.05, 0.1) is 11.0 Å². The third kappa shape index (κ3) is 1.79. The Morgan fingerprint density at radius 1 is 1.21 bits per heavy atom. The molecule has 2 bridgehead atoms. The van der Waals surface area contributed by atoms with Gasteiger partial charge in [-0.2, -0.15) is 0 Å². The molecule has 2 fully saturated rings. The highest BCUT2D eigenvalue weighted by Gasteiger charge is 2.35. The van der Waals surface area contributed by atoms with Crippen LogP contribution in [0.4, 0.5) is 0 Å². The third-order valence-corrected chi connectivity index (χ3v) is 5.18. The van der Waals surface area contributed by atoms with E-state index in [-0.39, 0.29) is 5.69 Å². The number of fused-ring (bicyclic) bond motifs is 3. The van der Waals surface area contributed by atoms with Crippen LogP contribution < -0.4 is 11.0 Å². The Kier molecular flexibility index (Phi) is 2.60. The molecule has 1 aromatic heterocycles. The number of piperidine rings is 1.